The van der Waals surface area contributed by atoms with E-state index >= 15 is 0 Å². The summed E-state index contributed by atoms with van der Waals surface area (Å²) in [6.45, 7) is 2.00. The molecule has 3 rings (SSSR count). The van der Waals surface area contributed by atoms with Gasteiger partial charge in [-0.25, -0.2) is 0 Å². The minimum absolute atomic E-state index is 0.403. The van der Waals surface area contributed by atoms with Crippen LogP contribution in [0.5, 0.6) is 0 Å². The summed E-state index contributed by atoms with van der Waals surface area (Å²) in [5.41, 5.74) is 0.541. The van der Waals surface area contributed by atoms with E-state index in [-0.39, 0.29) is 0 Å². The monoisotopic (exact) mass is 293 g/mol. The van der Waals surface area contributed by atoms with E-state index in [9.17, 15) is 13.2 Å². The van der Waals surface area contributed by atoms with Gasteiger partial charge in [-0.2, -0.15) is 13.2 Å². The number of hydrogen-bond donors (Lipinski definition) is 0. The molecule has 0 bridgehead atoms. The zero-order valence-corrected chi connectivity index (χ0v) is 11.6. The number of fused-ring (bicyclic) bond motifs is 1. The van der Waals surface area contributed by atoms with E-state index in [2.05, 4.69) is 5.38 Å². The molecule has 2 aromatic carbocycles. The van der Waals surface area contributed by atoms with Gasteiger partial charge in [-0.05, 0) is 31.2 Å². The van der Waals surface area contributed by atoms with Crippen LogP contribution in [0.15, 0.2) is 53.9 Å². The summed E-state index contributed by atoms with van der Waals surface area (Å²) >= 11 is 0. The van der Waals surface area contributed by atoms with Gasteiger partial charge in [0.2, 0.25) is 0 Å². The van der Waals surface area contributed by atoms with Crippen molar-refractivity contribution in [3.05, 3.63) is 65.0 Å². The third-order valence-electron chi connectivity index (χ3n) is 3.26. The molecule has 4 heteroatoms. The molecule has 0 amide bonds. The van der Waals surface area contributed by atoms with Crippen LogP contribution in [-0.2, 0) is 6.18 Å². The summed E-state index contributed by atoms with van der Waals surface area (Å²) in [5, 5.41) is 3.19. The maximum absolute atomic E-state index is 12.8. The van der Waals surface area contributed by atoms with E-state index in [1.165, 1.54) is 12.1 Å². The quantitative estimate of drug-likeness (QED) is 0.490. The van der Waals surface area contributed by atoms with Crippen LogP contribution < -0.4 is 0 Å². The van der Waals surface area contributed by atoms with E-state index in [1.54, 1.807) is 6.07 Å². The van der Waals surface area contributed by atoms with Crippen molar-refractivity contribution in [1.29, 1.82) is 0 Å². The van der Waals surface area contributed by atoms with Crippen LogP contribution in [0.3, 0.4) is 0 Å². The van der Waals surface area contributed by atoms with Crippen molar-refractivity contribution in [2.75, 3.05) is 0 Å². The molecular formula is C16H12F3S+. The van der Waals surface area contributed by atoms with Crippen molar-refractivity contribution in [3.8, 4) is 4.90 Å². The normalized spacial score (nSPS) is 12.9. The summed E-state index contributed by atoms with van der Waals surface area (Å²) in [6, 6.07) is 13.5. The van der Waals surface area contributed by atoms with Crippen LogP contribution in [0.4, 0.5) is 13.2 Å². The van der Waals surface area contributed by atoms with Crippen molar-refractivity contribution < 1.29 is 13.2 Å². The Morgan fingerprint density at radius 3 is 2.45 bits per heavy atom. The molecule has 102 valence electrons. The second-order valence-electron chi connectivity index (χ2n) is 4.66. The first-order valence-electron chi connectivity index (χ1n) is 6.15. The Bertz CT molecular complexity index is 769. The maximum atomic E-state index is 12.8. The third-order valence-corrected chi connectivity index (χ3v) is 5.44. The number of aryl methyl sites for hydroxylation is 1. The minimum atomic E-state index is -4.29. The molecule has 0 spiro atoms. The molecule has 20 heavy (non-hydrogen) atoms. The minimum Gasteiger partial charge on any atom is -0.166 e. The summed E-state index contributed by atoms with van der Waals surface area (Å²) in [7, 11) is -0.403. The Hall–Kier alpha value is -1.81. The van der Waals surface area contributed by atoms with Gasteiger partial charge in [0.1, 0.15) is 5.38 Å². The lowest BCUT2D eigenvalue weighted by atomic mass is 10.2. The summed E-state index contributed by atoms with van der Waals surface area (Å²) in [6.07, 6.45) is -4.29. The van der Waals surface area contributed by atoms with Crippen molar-refractivity contribution in [2.45, 2.75) is 13.1 Å². The molecule has 0 N–H and O–H groups in total. The Labute approximate surface area is 117 Å². The molecular weight excluding hydrogens is 281 g/mol. The van der Waals surface area contributed by atoms with Crippen LogP contribution in [-0.4, -0.2) is 0 Å². The van der Waals surface area contributed by atoms with Gasteiger partial charge in [0.05, 0.1) is 5.56 Å². The Balaban J connectivity index is 2.21. The van der Waals surface area contributed by atoms with E-state index in [0.717, 1.165) is 21.7 Å². The maximum Gasteiger partial charge on any atom is 0.416 e. The van der Waals surface area contributed by atoms with E-state index in [0.29, 0.717) is 4.90 Å². The Morgan fingerprint density at radius 1 is 0.950 bits per heavy atom. The zero-order chi connectivity index (χ0) is 14.3. The number of benzene rings is 2. The smallest absolute Gasteiger partial charge is 0.166 e. The van der Waals surface area contributed by atoms with Crippen molar-refractivity contribution in [3.63, 3.8) is 0 Å². The Kier molecular flexibility index (Phi) is 3.05. The number of rotatable bonds is 1. The van der Waals surface area contributed by atoms with E-state index in [4.69, 9.17) is 0 Å². The largest absolute Gasteiger partial charge is 0.416 e. The second-order valence-corrected chi connectivity index (χ2v) is 6.48. The zero-order valence-electron chi connectivity index (χ0n) is 10.7. The van der Waals surface area contributed by atoms with Gasteiger partial charge >= 0.3 is 6.18 Å². The molecule has 1 heterocycles. The fourth-order valence-electron chi connectivity index (χ4n) is 2.29. The summed E-state index contributed by atoms with van der Waals surface area (Å²) in [4.78, 5) is 0.712. The molecule has 0 saturated heterocycles. The first-order valence-corrected chi connectivity index (χ1v) is 7.44. The highest BCUT2D eigenvalue weighted by Gasteiger charge is 2.32. The van der Waals surface area contributed by atoms with E-state index < -0.39 is 22.2 Å². The van der Waals surface area contributed by atoms with Crippen molar-refractivity contribution in [2.24, 2.45) is 0 Å². The molecule has 0 aliphatic rings. The van der Waals surface area contributed by atoms with Gasteiger partial charge in [-0.15, -0.1) is 0 Å². The standard InChI is InChI=1S/C16H12F3S/c1-11-10-20(15-8-3-2-7-14(11)15)13-6-4-5-12(9-13)16(17,18)19/h2-10H,1H3/q+1. The van der Waals surface area contributed by atoms with Gasteiger partial charge in [-0.3, -0.25) is 0 Å². The number of thiophene rings is 1. The predicted octanol–water partition coefficient (Wildman–Crippen LogP) is 5.91. The highest BCUT2D eigenvalue weighted by molar-refractivity contribution is 7.43. The SMILES string of the molecule is Cc1c[s+](-c2cccc(C(F)(F)F)c2)c2ccccc12. The molecule has 1 atom stereocenters. The fourth-order valence-corrected chi connectivity index (χ4v) is 4.46. The lowest BCUT2D eigenvalue weighted by molar-refractivity contribution is -0.137. The predicted molar refractivity (Wildman–Crippen MR) is 77.5 cm³/mol. The number of halogens is 3. The molecule has 0 aliphatic carbocycles. The Morgan fingerprint density at radius 2 is 1.70 bits per heavy atom. The van der Waals surface area contributed by atoms with Crippen LogP contribution in [0, 0.1) is 6.92 Å². The van der Waals surface area contributed by atoms with Gasteiger partial charge in [0.25, 0.3) is 0 Å². The van der Waals surface area contributed by atoms with Crippen molar-refractivity contribution >= 4 is 20.6 Å². The average molecular weight is 293 g/mol. The molecule has 0 radical (unpaired) electrons. The highest BCUT2D eigenvalue weighted by Crippen LogP contribution is 2.43. The molecule has 0 aliphatic heterocycles. The average Bonchev–Trinajstić information content (AvgIpc) is 2.76. The molecule has 1 unspecified atom stereocenters. The van der Waals surface area contributed by atoms with Gasteiger partial charge in [-0.1, -0.05) is 18.2 Å². The molecule has 0 fully saturated rings. The van der Waals surface area contributed by atoms with Crippen LogP contribution in [0.25, 0.3) is 15.0 Å². The van der Waals surface area contributed by atoms with Crippen molar-refractivity contribution in [1.82, 2.24) is 0 Å². The molecule has 3 aromatic rings. The van der Waals surface area contributed by atoms with E-state index in [1.807, 2.05) is 31.2 Å². The highest BCUT2D eigenvalue weighted by atomic mass is 32.2. The summed E-state index contributed by atoms with van der Waals surface area (Å²) in [5.74, 6) is 0. The first-order chi connectivity index (χ1) is 9.47. The first kappa shape index (κ1) is 13.2. The number of hydrogen-bond acceptors (Lipinski definition) is 0. The van der Waals surface area contributed by atoms with Gasteiger partial charge in [0, 0.05) is 27.5 Å². The topological polar surface area (TPSA) is 0 Å². The lowest BCUT2D eigenvalue weighted by Gasteiger charge is -2.05. The van der Waals surface area contributed by atoms with Crippen LogP contribution in [0.1, 0.15) is 11.1 Å². The van der Waals surface area contributed by atoms with Crippen LogP contribution in [0.2, 0.25) is 0 Å². The second kappa shape index (κ2) is 4.63. The number of alkyl halides is 3. The van der Waals surface area contributed by atoms with Crippen LogP contribution >= 0.6 is 10.5 Å². The molecule has 0 nitrogen and oxygen atoms in total. The van der Waals surface area contributed by atoms with Gasteiger partial charge in [0.15, 0.2) is 9.60 Å². The molecule has 1 aromatic heterocycles. The lowest BCUT2D eigenvalue weighted by Crippen LogP contribution is -2.04. The molecule has 0 saturated carbocycles. The van der Waals surface area contributed by atoms with Gasteiger partial charge < -0.3 is 0 Å². The summed E-state index contributed by atoms with van der Waals surface area (Å²) < 4.78 is 39.5. The fraction of sp³-hybridized carbons (Fsp3) is 0.125. The third kappa shape index (κ3) is 2.20.